The number of carbonyl (C=O) groups excluding carboxylic acids is 2. The summed E-state index contributed by atoms with van der Waals surface area (Å²) in [6.07, 6.45) is -0.925. The van der Waals surface area contributed by atoms with Gasteiger partial charge in [0.05, 0.1) is 12.1 Å². The zero-order chi connectivity index (χ0) is 17.7. The number of hydrogen-bond donors (Lipinski definition) is 3. The lowest BCUT2D eigenvalue weighted by Crippen LogP contribution is -2.42. The minimum atomic E-state index is -0.925. The minimum Gasteiger partial charge on any atom is -0.466 e. The van der Waals surface area contributed by atoms with E-state index in [1.807, 2.05) is 30.3 Å². The van der Waals surface area contributed by atoms with Crippen molar-refractivity contribution in [2.45, 2.75) is 32.9 Å². The van der Waals surface area contributed by atoms with Crippen LogP contribution in [0.5, 0.6) is 0 Å². The largest absolute Gasteiger partial charge is 0.466 e. The van der Waals surface area contributed by atoms with Crippen molar-refractivity contribution in [1.29, 1.82) is 0 Å². The molecule has 1 aromatic carbocycles. The van der Waals surface area contributed by atoms with Crippen LogP contribution in [-0.2, 0) is 9.59 Å². The van der Waals surface area contributed by atoms with Gasteiger partial charge in [0.25, 0.3) is 0 Å². The van der Waals surface area contributed by atoms with E-state index >= 15 is 0 Å². The van der Waals surface area contributed by atoms with Crippen LogP contribution in [0.2, 0.25) is 0 Å². The molecule has 0 bridgehead atoms. The Morgan fingerprint density at radius 2 is 1.83 bits per heavy atom. The normalized spacial score (nSPS) is 13.2. The Balaban J connectivity index is 1.85. The summed E-state index contributed by atoms with van der Waals surface area (Å²) in [5.41, 5.74) is 1.51. The van der Waals surface area contributed by atoms with Gasteiger partial charge in [-0.2, -0.15) is 0 Å². The molecule has 2 atom stereocenters. The Morgan fingerprint density at radius 1 is 1.17 bits per heavy atom. The second-order valence-electron chi connectivity index (χ2n) is 5.70. The van der Waals surface area contributed by atoms with E-state index in [0.717, 1.165) is 5.56 Å². The fourth-order valence-electron chi connectivity index (χ4n) is 2.45. The number of benzene rings is 1. The van der Waals surface area contributed by atoms with E-state index in [9.17, 15) is 14.7 Å². The maximum atomic E-state index is 11.9. The Labute approximate surface area is 140 Å². The van der Waals surface area contributed by atoms with E-state index in [-0.39, 0.29) is 12.6 Å². The maximum absolute atomic E-state index is 11.9. The molecule has 0 saturated carbocycles. The highest BCUT2D eigenvalue weighted by Crippen LogP contribution is 2.20. The first-order valence-corrected chi connectivity index (χ1v) is 7.77. The number of rotatable bonds is 5. The highest BCUT2D eigenvalue weighted by atomic mass is 16.3. The molecule has 6 nitrogen and oxygen atoms in total. The zero-order valence-corrected chi connectivity index (χ0v) is 14.0. The SMILES string of the molecule is Cc1cc(C(O)CNC(=O)C(=O)NC(C)c2ccccc2)c(C)o1. The van der Waals surface area contributed by atoms with Crippen molar-refractivity contribution in [2.24, 2.45) is 0 Å². The molecular formula is C18H22N2O4. The lowest BCUT2D eigenvalue weighted by molar-refractivity contribution is -0.139. The summed E-state index contributed by atoms with van der Waals surface area (Å²) in [7, 11) is 0. The van der Waals surface area contributed by atoms with E-state index in [0.29, 0.717) is 17.1 Å². The molecule has 2 aromatic rings. The number of hydrogen-bond acceptors (Lipinski definition) is 4. The topological polar surface area (TPSA) is 91.6 Å². The molecule has 6 heteroatoms. The van der Waals surface area contributed by atoms with Crippen LogP contribution in [0.25, 0.3) is 0 Å². The Kier molecular flexibility index (Phi) is 5.76. The molecule has 2 amide bonds. The second-order valence-corrected chi connectivity index (χ2v) is 5.70. The third-order valence-electron chi connectivity index (χ3n) is 3.75. The summed E-state index contributed by atoms with van der Waals surface area (Å²) in [6, 6.07) is 10.8. The van der Waals surface area contributed by atoms with Crippen LogP contribution in [0, 0.1) is 13.8 Å². The predicted molar refractivity (Wildman–Crippen MR) is 89.2 cm³/mol. The number of furan rings is 1. The number of nitrogens with one attached hydrogen (secondary N) is 2. The summed E-state index contributed by atoms with van der Waals surface area (Å²) >= 11 is 0. The lowest BCUT2D eigenvalue weighted by Gasteiger charge is -2.15. The van der Waals surface area contributed by atoms with E-state index in [1.54, 1.807) is 26.8 Å². The fraction of sp³-hybridized carbons (Fsp3) is 0.333. The van der Waals surface area contributed by atoms with Gasteiger partial charge in [-0.1, -0.05) is 30.3 Å². The molecule has 1 aromatic heterocycles. The van der Waals surface area contributed by atoms with E-state index in [1.165, 1.54) is 0 Å². The van der Waals surface area contributed by atoms with Crippen LogP contribution in [-0.4, -0.2) is 23.5 Å². The van der Waals surface area contributed by atoms with Gasteiger partial charge in [0.1, 0.15) is 11.5 Å². The summed E-state index contributed by atoms with van der Waals surface area (Å²) < 4.78 is 5.34. The quantitative estimate of drug-likeness (QED) is 0.731. The van der Waals surface area contributed by atoms with Crippen molar-refractivity contribution >= 4 is 11.8 Å². The van der Waals surface area contributed by atoms with Crippen molar-refractivity contribution in [2.75, 3.05) is 6.54 Å². The molecule has 0 fully saturated rings. The third kappa shape index (κ3) is 4.45. The van der Waals surface area contributed by atoms with Gasteiger partial charge >= 0.3 is 11.8 Å². The van der Waals surface area contributed by atoms with Crippen molar-refractivity contribution in [1.82, 2.24) is 10.6 Å². The van der Waals surface area contributed by atoms with Gasteiger partial charge in [-0.3, -0.25) is 9.59 Å². The first-order chi connectivity index (χ1) is 11.4. The molecule has 24 heavy (non-hydrogen) atoms. The monoisotopic (exact) mass is 330 g/mol. The Hall–Kier alpha value is -2.60. The van der Waals surface area contributed by atoms with Crippen LogP contribution in [0.3, 0.4) is 0 Å². The lowest BCUT2D eigenvalue weighted by atomic mass is 10.1. The molecule has 1 heterocycles. The van der Waals surface area contributed by atoms with Gasteiger partial charge in [0, 0.05) is 12.1 Å². The van der Waals surface area contributed by atoms with Gasteiger partial charge in [0.2, 0.25) is 0 Å². The standard InChI is InChI=1S/C18H22N2O4/c1-11-9-15(13(3)24-11)16(21)10-19-17(22)18(23)20-12(2)14-7-5-4-6-8-14/h4-9,12,16,21H,10H2,1-3H3,(H,19,22)(H,20,23). The van der Waals surface area contributed by atoms with Gasteiger partial charge in [-0.05, 0) is 32.4 Å². The van der Waals surface area contributed by atoms with Crippen LogP contribution < -0.4 is 10.6 Å². The average molecular weight is 330 g/mol. The summed E-state index contributed by atoms with van der Waals surface area (Å²) in [5.74, 6) is -0.243. The number of aryl methyl sites for hydroxylation is 2. The highest BCUT2D eigenvalue weighted by molar-refractivity contribution is 6.35. The molecule has 128 valence electrons. The molecule has 0 saturated heterocycles. The highest BCUT2D eigenvalue weighted by Gasteiger charge is 2.20. The van der Waals surface area contributed by atoms with E-state index in [2.05, 4.69) is 10.6 Å². The summed E-state index contributed by atoms with van der Waals surface area (Å²) in [5, 5.41) is 15.2. The molecule has 0 spiro atoms. The molecule has 0 aliphatic carbocycles. The van der Waals surface area contributed by atoms with Crippen LogP contribution >= 0.6 is 0 Å². The number of carbonyl (C=O) groups is 2. The van der Waals surface area contributed by atoms with Crippen LogP contribution in [0.1, 0.15) is 41.7 Å². The zero-order valence-electron chi connectivity index (χ0n) is 14.0. The van der Waals surface area contributed by atoms with Gasteiger partial charge in [0.15, 0.2) is 0 Å². The second kappa shape index (κ2) is 7.79. The fourth-order valence-corrected chi connectivity index (χ4v) is 2.45. The first kappa shape index (κ1) is 17.7. The van der Waals surface area contributed by atoms with E-state index in [4.69, 9.17) is 4.42 Å². The van der Waals surface area contributed by atoms with Crippen molar-refractivity contribution in [3.05, 3.63) is 59.0 Å². The van der Waals surface area contributed by atoms with Crippen LogP contribution in [0.4, 0.5) is 0 Å². The van der Waals surface area contributed by atoms with Crippen LogP contribution in [0.15, 0.2) is 40.8 Å². The summed E-state index contributed by atoms with van der Waals surface area (Å²) in [4.78, 5) is 23.8. The van der Waals surface area contributed by atoms with Gasteiger partial charge in [-0.15, -0.1) is 0 Å². The molecule has 2 unspecified atom stereocenters. The van der Waals surface area contributed by atoms with Crippen molar-refractivity contribution < 1.29 is 19.1 Å². The maximum Gasteiger partial charge on any atom is 0.309 e. The number of amides is 2. The summed E-state index contributed by atoms with van der Waals surface area (Å²) in [6.45, 7) is 5.25. The van der Waals surface area contributed by atoms with E-state index < -0.39 is 17.9 Å². The molecule has 0 aliphatic heterocycles. The molecule has 3 N–H and O–H groups in total. The molecule has 0 radical (unpaired) electrons. The number of aliphatic hydroxyl groups excluding tert-OH is 1. The third-order valence-corrected chi connectivity index (χ3v) is 3.75. The Morgan fingerprint density at radius 3 is 2.42 bits per heavy atom. The van der Waals surface area contributed by atoms with Crippen molar-refractivity contribution in [3.8, 4) is 0 Å². The van der Waals surface area contributed by atoms with Gasteiger partial charge < -0.3 is 20.2 Å². The van der Waals surface area contributed by atoms with Gasteiger partial charge in [-0.25, -0.2) is 0 Å². The molecule has 0 aliphatic rings. The molecular weight excluding hydrogens is 308 g/mol. The number of aliphatic hydroxyl groups is 1. The first-order valence-electron chi connectivity index (χ1n) is 7.77. The molecule has 2 rings (SSSR count). The van der Waals surface area contributed by atoms with Crippen molar-refractivity contribution in [3.63, 3.8) is 0 Å². The Bertz CT molecular complexity index is 709. The average Bonchev–Trinajstić information content (AvgIpc) is 2.91. The smallest absolute Gasteiger partial charge is 0.309 e. The predicted octanol–water partition coefficient (Wildman–Crippen LogP) is 1.92. The minimum absolute atomic E-state index is 0.0637.